The van der Waals surface area contributed by atoms with E-state index in [2.05, 4.69) is 10.3 Å². The zero-order valence-electron chi connectivity index (χ0n) is 11.4. The lowest BCUT2D eigenvalue weighted by Gasteiger charge is -2.12. The van der Waals surface area contributed by atoms with Crippen LogP contribution in [0.25, 0.3) is 0 Å². The number of nitrogens with one attached hydrogen (secondary N) is 1. The van der Waals surface area contributed by atoms with E-state index in [1.54, 1.807) is 12.1 Å². The number of nitrogens with zero attached hydrogens (tertiary/aromatic N) is 1. The van der Waals surface area contributed by atoms with Crippen molar-refractivity contribution in [3.8, 4) is 5.88 Å². The van der Waals surface area contributed by atoms with Gasteiger partial charge in [0.05, 0.1) is 24.8 Å². The summed E-state index contributed by atoms with van der Waals surface area (Å²) in [4.78, 5) is 27.6. The molecule has 0 radical (unpaired) electrons. The number of pyridine rings is 1. The molecule has 2 unspecified atom stereocenters. The van der Waals surface area contributed by atoms with Crippen molar-refractivity contribution in [3.63, 3.8) is 0 Å². The second kappa shape index (κ2) is 6.44. The van der Waals surface area contributed by atoms with E-state index in [1.807, 2.05) is 0 Å². The molecule has 3 rings (SSSR count). The number of hydrogen-bond acceptors (Lipinski definition) is 6. The highest BCUT2D eigenvalue weighted by Gasteiger charge is 2.27. The maximum absolute atomic E-state index is 12.0. The second-order valence-corrected chi connectivity index (χ2v) is 6.07. The van der Waals surface area contributed by atoms with E-state index in [1.165, 1.54) is 18.0 Å². The van der Waals surface area contributed by atoms with Crippen LogP contribution in [0.3, 0.4) is 0 Å². The van der Waals surface area contributed by atoms with E-state index in [4.69, 9.17) is 9.47 Å². The third-order valence-electron chi connectivity index (χ3n) is 3.41. The van der Waals surface area contributed by atoms with E-state index in [0.29, 0.717) is 31.1 Å². The molecule has 1 aromatic rings. The first-order valence-electron chi connectivity index (χ1n) is 6.90. The number of rotatable bonds is 4. The van der Waals surface area contributed by atoms with Crippen LogP contribution in [0.5, 0.6) is 5.88 Å². The first kappa shape index (κ1) is 14.3. The van der Waals surface area contributed by atoms with Crippen LogP contribution in [0.1, 0.15) is 23.2 Å². The lowest BCUT2D eigenvalue weighted by molar-refractivity contribution is -0.112. The highest BCUT2D eigenvalue weighted by Crippen LogP contribution is 2.20. The maximum atomic E-state index is 12.0. The van der Waals surface area contributed by atoms with Crippen LogP contribution in [-0.4, -0.2) is 47.1 Å². The topological polar surface area (TPSA) is 77.5 Å². The van der Waals surface area contributed by atoms with Gasteiger partial charge in [0.2, 0.25) is 11.0 Å². The van der Waals surface area contributed by atoms with E-state index in [0.717, 1.165) is 12.2 Å². The lowest BCUT2D eigenvalue weighted by atomic mass is 10.2. The molecule has 1 amide bonds. The first-order valence-corrected chi connectivity index (χ1v) is 7.89. The van der Waals surface area contributed by atoms with Gasteiger partial charge in [-0.3, -0.25) is 9.59 Å². The average Bonchev–Trinajstić information content (AvgIpc) is 3.12. The third kappa shape index (κ3) is 3.54. The molecule has 2 saturated heterocycles. The minimum atomic E-state index is -0.380. The largest absolute Gasteiger partial charge is 0.472 e. The van der Waals surface area contributed by atoms with Gasteiger partial charge in [0, 0.05) is 24.4 Å². The molecule has 0 bridgehead atoms. The molecule has 112 valence electrons. The summed E-state index contributed by atoms with van der Waals surface area (Å²) in [6.45, 7) is 1.28. The van der Waals surface area contributed by atoms with Gasteiger partial charge >= 0.3 is 0 Å². The molecule has 2 aliphatic heterocycles. The van der Waals surface area contributed by atoms with Gasteiger partial charge in [-0.25, -0.2) is 4.98 Å². The van der Waals surface area contributed by atoms with E-state index in [-0.39, 0.29) is 23.2 Å². The monoisotopic (exact) mass is 308 g/mol. The first-order chi connectivity index (χ1) is 10.2. The fourth-order valence-electron chi connectivity index (χ4n) is 2.23. The quantitative estimate of drug-likeness (QED) is 0.894. The van der Waals surface area contributed by atoms with Crippen molar-refractivity contribution in [2.45, 2.75) is 25.0 Å². The predicted octanol–water partition coefficient (Wildman–Crippen LogP) is 1.01. The Morgan fingerprint density at radius 1 is 1.43 bits per heavy atom. The molecule has 0 aromatic carbocycles. The number of aromatic nitrogens is 1. The highest BCUT2D eigenvalue weighted by atomic mass is 32.2. The summed E-state index contributed by atoms with van der Waals surface area (Å²) < 4.78 is 10.9. The van der Waals surface area contributed by atoms with Gasteiger partial charge in [-0.1, -0.05) is 11.8 Å². The molecular formula is C14H16N2O4S. The van der Waals surface area contributed by atoms with E-state index >= 15 is 0 Å². The van der Waals surface area contributed by atoms with Gasteiger partial charge in [-0.05, 0) is 12.5 Å². The summed E-state index contributed by atoms with van der Waals surface area (Å²) in [5, 5.41) is 2.75. The second-order valence-electron chi connectivity index (χ2n) is 4.97. The molecule has 0 saturated carbocycles. The number of amides is 1. The normalized spacial score (nSPS) is 25.0. The SMILES string of the molecule is O=C(NC1CCSC1=O)c1ccc(OC2CCOC2)nc1. The Bertz CT molecular complexity index is 528. The molecule has 3 heterocycles. The molecule has 2 atom stereocenters. The molecule has 2 fully saturated rings. The zero-order chi connectivity index (χ0) is 14.7. The zero-order valence-corrected chi connectivity index (χ0v) is 12.2. The number of ether oxygens (including phenoxy) is 2. The molecule has 0 aliphatic carbocycles. The van der Waals surface area contributed by atoms with Crippen molar-refractivity contribution >= 4 is 22.8 Å². The molecule has 0 spiro atoms. The number of carbonyl (C=O) groups is 2. The molecule has 21 heavy (non-hydrogen) atoms. The Morgan fingerprint density at radius 3 is 2.95 bits per heavy atom. The van der Waals surface area contributed by atoms with Crippen LogP contribution in [0.2, 0.25) is 0 Å². The van der Waals surface area contributed by atoms with Crippen molar-refractivity contribution in [1.29, 1.82) is 0 Å². The van der Waals surface area contributed by atoms with Crippen LogP contribution in [0.4, 0.5) is 0 Å². The summed E-state index contributed by atoms with van der Waals surface area (Å²) in [6, 6.07) is 2.94. The van der Waals surface area contributed by atoms with Gasteiger partial charge in [-0.2, -0.15) is 0 Å². The van der Waals surface area contributed by atoms with Crippen molar-refractivity contribution < 1.29 is 19.1 Å². The van der Waals surface area contributed by atoms with E-state index < -0.39 is 0 Å². The minimum absolute atomic E-state index is 0.0255. The number of thioether (sulfide) groups is 1. The smallest absolute Gasteiger partial charge is 0.253 e. The number of hydrogen-bond donors (Lipinski definition) is 1. The summed E-state index contributed by atoms with van der Waals surface area (Å²) in [6.07, 6.45) is 3.04. The molecule has 6 nitrogen and oxygen atoms in total. The summed E-state index contributed by atoms with van der Waals surface area (Å²) in [5.41, 5.74) is 0.426. The highest BCUT2D eigenvalue weighted by molar-refractivity contribution is 8.14. The van der Waals surface area contributed by atoms with Gasteiger partial charge < -0.3 is 14.8 Å². The predicted molar refractivity (Wildman–Crippen MR) is 77.4 cm³/mol. The fraction of sp³-hybridized carbons (Fsp3) is 0.500. The Balaban J connectivity index is 1.57. The third-order valence-corrected chi connectivity index (χ3v) is 4.42. The van der Waals surface area contributed by atoms with Gasteiger partial charge in [0.25, 0.3) is 5.91 Å². The van der Waals surface area contributed by atoms with Crippen molar-refractivity contribution in [2.24, 2.45) is 0 Å². The van der Waals surface area contributed by atoms with Crippen molar-refractivity contribution in [2.75, 3.05) is 19.0 Å². The van der Waals surface area contributed by atoms with Gasteiger partial charge in [0.1, 0.15) is 6.10 Å². The summed E-state index contributed by atoms with van der Waals surface area (Å²) >= 11 is 1.26. The van der Waals surface area contributed by atoms with Crippen LogP contribution in [-0.2, 0) is 9.53 Å². The minimum Gasteiger partial charge on any atom is -0.472 e. The van der Waals surface area contributed by atoms with Crippen LogP contribution in [0, 0.1) is 0 Å². The van der Waals surface area contributed by atoms with Gasteiger partial charge in [-0.15, -0.1) is 0 Å². The molecule has 2 aliphatic rings. The van der Waals surface area contributed by atoms with Crippen molar-refractivity contribution in [3.05, 3.63) is 23.9 Å². The Labute approximate surface area is 126 Å². The Morgan fingerprint density at radius 2 is 2.33 bits per heavy atom. The maximum Gasteiger partial charge on any atom is 0.253 e. The lowest BCUT2D eigenvalue weighted by Crippen LogP contribution is -2.37. The Hall–Kier alpha value is -1.60. The molecule has 1 aromatic heterocycles. The van der Waals surface area contributed by atoms with Crippen molar-refractivity contribution in [1.82, 2.24) is 10.3 Å². The van der Waals surface area contributed by atoms with Crippen LogP contribution < -0.4 is 10.1 Å². The standard InChI is InChI=1S/C14H16N2O4S/c17-13(16-11-4-6-21-14(11)18)9-1-2-12(15-7-9)20-10-3-5-19-8-10/h1-2,7,10-11H,3-6,8H2,(H,16,17). The molecule has 7 heteroatoms. The molecule has 1 N–H and O–H groups in total. The van der Waals surface area contributed by atoms with Crippen LogP contribution >= 0.6 is 11.8 Å². The fourth-order valence-corrected chi connectivity index (χ4v) is 3.16. The molecular weight excluding hydrogens is 292 g/mol. The summed E-state index contributed by atoms with van der Waals surface area (Å²) in [5.74, 6) is 0.965. The van der Waals surface area contributed by atoms with E-state index in [9.17, 15) is 9.59 Å². The average molecular weight is 308 g/mol. The van der Waals surface area contributed by atoms with Gasteiger partial charge in [0.15, 0.2) is 0 Å². The van der Waals surface area contributed by atoms with Crippen LogP contribution in [0.15, 0.2) is 18.3 Å². The number of carbonyl (C=O) groups excluding carboxylic acids is 2. The Kier molecular flexibility index (Phi) is 4.40. The summed E-state index contributed by atoms with van der Waals surface area (Å²) in [7, 11) is 0.